The van der Waals surface area contributed by atoms with E-state index < -0.39 is 9.84 Å². The average Bonchev–Trinajstić information content (AvgIpc) is 2.70. The van der Waals surface area contributed by atoms with Crippen LogP contribution in [0.5, 0.6) is 0 Å². The molecule has 2 aromatic rings. The van der Waals surface area contributed by atoms with Gasteiger partial charge in [-0.3, -0.25) is 0 Å². The standard InChI is InChI=1S/C11H13BrN4O2S2/c1-20(17,18)7-6-19-11-15-14-10(16(11)13)8-4-2-3-5-9(8)12/h2-5H,6-7,13H2,1H3. The van der Waals surface area contributed by atoms with E-state index in [2.05, 4.69) is 26.1 Å². The third-order valence-corrected chi connectivity index (χ3v) is 5.31. The van der Waals surface area contributed by atoms with Crippen LogP contribution < -0.4 is 5.84 Å². The lowest BCUT2D eigenvalue weighted by Gasteiger charge is -2.05. The molecule has 1 heterocycles. The Morgan fingerprint density at radius 1 is 1.35 bits per heavy atom. The van der Waals surface area contributed by atoms with Crippen molar-refractivity contribution in [2.75, 3.05) is 23.6 Å². The number of nitrogen functional groups attached to an aromatic ring is 1. The Bertz CT molecular complexity index is 715. The third kappa shape index (κ3) is 3.74. The summed E-state index contributed by atoms with van der Waals surface area (Å²) in [6, 6.07) is 7.54. The zero-order chi connectivity index (χ0) is 14.8. The van der Waals surface area contributed by atoms with Crippen LogP contribution >= 0.6 is 27.7 Å². The summed E-state index contributed by atoms with van der Waals surface area (Å²) in [5.41, 5.74) is 0.831. The Morgan fingerprint density at radius 3 is 2.70 bits per heavy atom. The SMILES string of the molecule is CS(=O)(=O)CCSc1nnc(-c2ccccc2Br)n1N. The second-order valence-electron chi connectivity index (χ2n) is 4.13. The predicted molar refractivity (Wildman–Crippen MR) is 83.7 cm³/mol. The number of nitrogens with two attached hydrogens (primary N) is 1. The Kier molecular flexibility index (Phi) is 4.71. The Labute approximate surface area is 129 Å². The summed E-state index contributed by atoms with van der Waals surface area (Å²) in [7, 11) is -2.99. The predicted octanol–water partition coefficient (Wildman–Crippen LogP) is 1.56. The summed E-state index contributed by atoms with van der Waals surface area (Å²) < 4.78 is 24.4. The monoisotopic (exact) mass is 376 g/mol. The third-order valence-electron chi connectivity index (χ3n) is 2.46. The topological polar surface area (TPSA) is 90.9 Å². The van der Waals surface area contributed by atoms with Gasteiger partial charge in [-0.2, -0.15) is 0 Å². The fourth-order valence-electron chi connectivity index (χ4n) is 1.49. The maximum absolute atomic E-state index is 11.1. The lowest BCUT2D eigenvalue weighted by molar-refractivity contribution is 0.603. The van der Waals surface area contributed by atoms with Crippen LogP contribution in [0.15, 0.2) is 33.9 Å². The van der Waals surface area contributed by atoms with Crippen molar-refractivity contribution in [3.8, 4) is 11.4 Å². The summed E-state index contributed by atoms with van der Waals surface area (Å²) >= 11 is 4.70. The summed E-state index contributed by atoms with van der Waals surface area (Å²) in [5, 5.41) is 8.52. The zero-order valence-electron chi connectivity index (χ0n) is 10.7. The minimum atomic E-state index is -2.99. The lowest BCUT2D eigenvalue weighted by atomic mass is 10.2. The van der Waals surface area contributed by atoms with Crippen molar-refractivity contribution in [1.82, 2.24) is 14.9 Å². The molecule has 0 aliphatic heterocycles. The molecule has 0 amide bonds. The highest BCUT2D eigenvalue weighted by Crippen LogP contribution is 2.27. The molecule has 9 heteroatoms. The van der Waals surface area contributed by atoms with Crippen molar-refractivity contribution < 1.29 is 8.42 Å². The Balaban J connectivity index is 2.18. The van der Waals surface area contributed by atoms with Gasteiger partial charge in [0.1, 0.15) is 9.84 Å². The van der Waals surface area contributed by atoms with E-state index in [0.29, 0.717) is 16.7 Å². The molecule has 0 saturated carbocycles. The first-order valence-corrected chi connectivity index (χ1v) is 9.48. The summed E-state index contributed by atoms with van der Waals surface area (Å²) in [6.45, 7) is 0. The van der Waals surface area contributed by atoms with Gasteiger partial charge in [0, 0.05) is 22.0 Å². The second kappa shape index (κ2) is 6.15. The Hall–Kier alpha value is -1.06. The van der Waals surface area contributed by atoms with Crippen molar-refractivity contribution in [2.45, 2.75) is 5.16 Å². The molecular formula is C11H13BrN4O2S2. The number of hydrogen-bond acceptors (Lipinski definition) is 6. The van der Waals surface area contributed by atoms with Gasteiger partial charge in [0.05, 0.1) is 5.75 Å². The van der Waals surface area contributed by atoms with E-state index in [1.807, 2.05) is 24.3 Å². The number of nitrogens with zero attached hydrogens (tertiary/aromatic N) is 3. The van der Waals surface area contributed by atoms with Crippen molar-refractivity contribution in [3.63, 3.8) is 0 Å². The lowest BCUT2D eigenvalue weighted by Crippen LogP contribution is -2.13. The molecule has 2 N–H and O–H groups in total. The van der Waals surface area contributed by atoms with E-state index in [4.69, 9.17) is 5.84 Å². The minimum Gasteiger partial charge on any atom is -0.335 e. The molecule has 108 valence electrons. The summed E-state index contributed by atoms with van der Waals surface area (Å²) in [5.74, 6) is 6.95. The van der Waals surface area contributed by atoms with Crippen LogP contribution in [0.3, 0.4) is 0 Å². The molecule has 0 aliphatic carbocycles. The number of hydrogen-bond donors (Lipinski definition) is 1. The molecule has 0 unspecified atom stereocenters. The fraction of sp³-hybridized carbons (Fsp3) is 0.273. The molecule has 0 radical (unpaired) electrons. The molecule has 6 nitrogen and oxygen atoms in total. The van der Waals surface area contributed by atoms with Gasteiger partial charge in [-0.05, 0) is 12.1 Å². The van der Waals surface area contributed by atoms with Gasteiger partial charge in [-0.25, -0.2) is 13.1 Å². The van der Waals surface area contributed by atoms with Crippen molar-refractivity contribution >= 4 is 37.5 Å². The molecular weight excluding hydrogens is 364 g/mol. The van der Waals surface area contributed by atoms with Crippen LogP contribution in [0.2, 0.25) is 0 Å². The second-order valence-corrected chi connectivity index (χ2v) is 8.31. The summed E-state index contributed by atoms with van der Waals surface area (Å²) in [6.07, 6.45) is 1.20. The first-order chi connectivity index (χ1) is 9.38. The van der Waals surface area contributed by atoms with E-state index in [9.17, 15) is 8.42 Å². The molecule has 0 saturated heterocycles. The molecule has 2 rings (SSSR count). The number of rotatable bonds is 5. The minimum absolute atomic E-state index is 0.0783. The van der Waals surface area contributed by atoms with Gasteiger partial charge in [-0.15, -0.1) is 10.2 Å². The van der Waals surface area contributed by atoms with E-state index in [1.165, 1.54) is 22.7 Å². The van der Waals surface area contributed by atoms with Crippen LogP contribution in [0.25, 0.3) is 11.4 Å². The van der Waals surface area contributed by atoms with E-state index in [-0.39, 0.29) is 5.75 Å². The normalized spacial score (nSPS) is 11.7. The van der Waals surface area contributed by atoms with Gasteiger partial charge in [0.2, 0.25) is 5.16 Å². The molecule has 0 spiro atoms. The number of benzene rings is 1. The first kappa shape index (κ1) is 15.3. The molecule has 0 fully saturated rings. The van der Waals surface area contributed by atoms with Crippen LogP contribution in [0.4, 0.5) is 0 Å². The highest BCUT2D eigenvalue weighted by atomic mass is 79.9. The van der Waals surface area contributed by atoms with Gasteiger partial charge in [0.25, 0.3) is 0 Å². The van der Waals surface area contributed by atoms with Gasteiger partial charge < -0.3 is 5.84 Å². The molecule has 1 aromatic heterocycles. The highest BCUT2D eigenvalue weighted by Gasteiger charge is 2.14. The van der Waals surface area contributed by atoms with Gasteiger partial charge >= 0.3 is 0 Å². The fourth-order valence-corrected chi connectivity index (χ4v) is 4.00. The smallest absolute Gasteiger partial charge is 0.210 e. The quantitative estimate of drug-likeness (QED) is 0.628. The number of halogens is 1. The van der Waals surface area contributed by atoms with E-state index in [1.54, 1.807) is 0 Å². The maximum atomic E-state index is 11.1. The molecule has 0 bridgehead atoms. The molecule has 20 heavy (non-hydrogen) atoms. The number of aromatic nitrogens is 3. The first-order valence-electron chi connectivity index (χ1n) is 5.64. The van der Waals surface area contributed by atoms with E-state index >= 15 is 0 Å². The molecule has 0 aliphatic rings. The summed E-state index contributed by atoms with van der Waals surface area (Å²) in [4.78, 5) is 0. The number of sulfone groups is 1. The molecule has 0 atom stereocenters. The number of thioether (sulfide) groups is 1. The zero-order valence-corrected chi connectivity index (χ0v) is 13.9. The van der Waals surface area contributed by atoms with Crippen molar-refractivity contribution in [2.24, 2.45) is 0 Å². The van der Waals surface area contributed by atoms with Crippen LogP contribution in [-0.2, 0) is 9.84 Å². The van der Waals surface area contributed by atoms with Crippen LogP contribution in [0.1, 0.15) is 0 Å². The highest BCUT2D eigenvalue weighted by molar-refractivity contribution is 9.10. The Morgan fingerprint density at radius 2 is 2.05 bits per heavy atom. The maximum Gasteiger partial charge on any atom is 0.210 e. The van der Waals surface area contributed by atoms with E-state index in [0.717, 1.165) is 10.0 Å². The van der Waals surface area contributed by atoms with Crippen LogP contribution in [-0.4, -0.2) is 41.1 Å². The van der Waals surface area contributed by atoms with Crippen molar-refractivity contribution in [1.29, 1.82) is 0 Å². The molecule has 1 aromatic carbocycles. The van der Waals surface area contributed by atoms with Gasteiger partial charge in [-0.1, -0.05) is 39.8 Å². The van der Waals surface area contributed by atoms with Crippen LogP contribution in [0, 0.1) is 0 Å². The average molecular weight is 377 g/mol. The largest absolute Gasteiger partial charge is 0.335 e. The van der Waals surface area contributed by atoms with Gasteiger partial charge in [0.15, 0.2) is 5.82 Å². The van der Waals surface area contributed by atoms with Crippen molar-refractivity contribution in [3.05, 3.63) is 28.7 Å².